The first-order valence-corrected chi connectivity index (χ1v) is 6.63. The van der Waals surface area contributed by atoms with Gasteiger partial charge in [-0.05, 0) is 25.0 Å². The maximum Gasteiger partial charge on any atom is 0.251 e. The number of hydrogen-bond donors (Lipinski definition) is 2. The van der Waals surface area contributed by atoms with Gasteiger partial charge in [-0.15, -0.1) is 0 Å². The van der Waals surface area contributed by atoms with E-state index in [0.29, 0.717) is 11.7 Å². The Kier molecular flexibility index (Phi) is 3.07. The maximum absolute atomic E-state index is 11.8. The summed E-state index contributed by atoms with van der Waals surface area (Å²) in [5.74, 6) is 1.11. The van der Waals surface area contributed by atoms with Crippen LogP contribution >= 0.6 is 0 Å². The number of phenols is 1. The van der Waals surface area contributed by atoms with Crippen molar-refractivity contribution in [3.05, 3.63) is 46.4 Å². The molecule has 0 atom stereocenters. The maximum atomic E-state index is 11.8. The SMILES string of the molecule is O=c1cc(C2CCCC2)nc(-c2cccc(O)c2)[nH]1. The quantitative estimate of drug-likeness (QED) is 0.868. The molecule has 3 rings (SSSR count). The molecular weight excluding hydrogens is 240 g/mol. The van der Waals surface area contributed by atoms with Gasteiger partial charge in [0.1, 0.15) is 11.6 Å². The van der Waals surface area contributed by atoms with Crippen LogP contribution in [0.2, 0.25) is 0 Å². The number of benzene rings is 1. The van der Waals surface area contributed by atoms with Crippen LogP contribution in [0, 0.1) is 0 Å². The molecule has 1 aromatic carbocycles. The van der Waals surface area contributed by atoms with Crippen LogP contribution in [0.15, 0.2) is 35.1 Å². The van der Waals surface area contributed by atoms with Gasteiger partial charge in [0.15, 0.2) is 0 Å². The smallest absolute Gasteiger partial charge is 0.251 e. The number of nitrogens with zero attached hydrogens (tertiary/aromatic N) is 1. The Hall–Kier alpha value is -2.10. The molecule has 4 heteroatoms. The normalized spacial score (nSPS) is 15.8. The van der Waals surface area contributed by atoms with Crippen molar-refractivity contribution in [1.82, 2.24) is 9.97 Å². The molecule has 1 aromatic heterocycles. The first-order valence-electron chi connectivity index (χ1n) is 6.63. The minimum absolute atomic E-state index is 0.129. The van der Waals surface area contributed by atoms with Gasteiger partial charge in [0.2, 0.25) is 0 Å². The summed E-state index contributed by atoms with van der Waals surface area (Å²) in [6.07, 6.45) is 4.63. The summed E-state index contributed by atoms with van der Waals surface area (Å²) in [7, 11) is 0. The molecule has 0 spiro atoms. The Morgan fingerprint density at radius 3 is 2.74 bits per heavy atom. The van der Waals surface area contributed by atoms with Crippen LogP contribution in [0.4, 0.5) is 0 Å². The van der Waals surface area contributed by atoms with E-state index in [1.54, 1.807) is 24.3 Å². The van der Waals surface area contributed by atoms with Crippen LogP contribution in [0.25, 0.3) is 11.4 Å². The van der Waals surface area contributed by atoms with E-state index in [0.717, 1.165) is 24.1 Å². The van der Waals surface area contributed by atoms with E-state index in [1.165, 1.54) is 12.8 Å². The second kappa shape index (κ2) is 4.88. The standard InChI is InChI=1S/C15H16N2O2/c18-12-7-3-6-11(8-12)15-16-13(9-14(19)17-15)10-4-1-2-5-10/h3,6-10,18H,1-2,4-5H2,(H,16,17,19). The van der Waals surface area contributed by atoms with E-state index in [-0.39, 0.29) is 11.3 Å². The number of hydrogen-bond acceptors (Lipinski definition) is 3. The number of rotatable bonds is 2. The third-order valence-electron chi connectivity index (χ3n) is 3.65. The van der Waals surface area contributed by atoms with E-state index < -0.39 is 0 Å². The van der Waals surface area contributed by atoms with Crippen LogP contribution in [0.5, 0.6) is 5.75 Å². The predicted molar refractivity (Wildman–Crippen MR) is 73.2 cm³/mol. The summed E-state index contributed by atoms with van der Waals surface area (Å²) < 4.78 is 0. The predicted octanol–water partition coefficient (Wildman–Crippen LogP) is 2.80. The summed E-state index contributed by atoms with van der Waals surface area (Å²) in [4.78, 5) is 19.1. The number of aromatic hydroxyl groups is 1. The largest absolute Gasteiger partial charge is 0.508 e. The van der Waals surface area contributed by atoms with Crippen LogP contribution in [-0.2, 0) is 0 Å². The molecule has 2 aromatic rings. The lowest BCUT2D eigenvalue weighted by molar-refractivity contribution is 0.475. The van der Waals surface area contributed by atoms with E-state index >= 15 is 0 Å². The summed E-state index contributed by atoms with van der Waals surface area (Å²) in [6, 6.07) is 8.38. The topological polar surface area (TPSA) is 66.0 Å². The van der Waals surface area contributed by atoms with Gasteiger partial charge in [0, 0.05) is 17.5 Å². The Morgan fingerprint density at radius 1 is 1.21 bits per heavy atom. The molecule has 1 aliphatic carbocycles. The molecule has 98 valence electrons. The minimum Gasteiger partial charge on any atom is -0.508 e. The number of H-pyrrole nitrogens is 1. The number of nitrogens with one attached hydrogen (secondary N) is 1. The first-order chi connectivity index (χ1) is 9.22. The average Bonchev–Trinajstić information content (AvgIpc) is 2.92. The summed E-state index contributed by atoms with van der Waals surface area (Å²) >= 11 is 0. The molecule has 19 heavy (non-hydrogen) atoms. The van der Waals surface area contributed by atoms with Crippen molar-refractivity contribution in [2.75, 3.05) is 0 Å². The fraction of sp³-hybridized carbons (Fsp3) is 0.333. The zero-order valence-corrected chi connectivity index (χ0v) is 10.6. The molecule has 0 amide bonds. The van der Waals surface area contributed by atoms with Crippen LogP contribution in [0.3, 0.4) is 0 Å². The molecule has 2 N–H and O–H groups in total. The van der Waals surface area contributed by atoms with Gasteiger partial charge < -0.3 is 10.1 Å². The van der Waals surface area contributed by atoms with Gasteiger partial charge in [-0.1, -0.05) is 25.0 Å². The monoisotopic (exact) mass is 256 g/mol. The van der Waals surface area contributed by atoms with E-state index in [2.05, 4.69) is 9.97 Å². The van der Waals surface area contributed by atoms with Crippen molar-refractivity contribution in [2.45, 2.75) is 31.6 Å². The van der Waals surface area contributed by atoms with E-state index in [9.17, 15) is 9.90 Å². The third-order valence-corrected chi connectivity index (χ3v) is 3.65. The van der Waals surface area contributed by atoms with Crippen LogP contribution in [0.1, 0.15) is 37.3 Å². The van der Waals surface area contributed by atoms with E-state index in [1.807, 2.05) is 6.07 Å². The molecule has 0 radical (unpaired) electrons. The number of aromatic amines is 1. The lowest BCUT2D eigenvalue weighted by Crippen LogP contribution is -2.12. The zero-order valence-electron chi connectivity index (χ0n) is 10.6. The van der Waals surface area contributed by atoms with Crippen molar-refractivity contribution in [2.24, 2.45) is 0 Å². The third kappa shape index (κ3) is 2.52. The Bertz CT molecular complexity index is 643. The van der Waals surface area contributed by atoms with Crippen molar-refractivity contribution in [3.63, 3.8) is 0 Å². The lowest BCUT2D eigenvalue weighted by Gasteiger charge is -2.09. The van der Waals surface area contributed by atoms with Crippen LogP contribution < -0.4 is 5.56 Å². The summed E-state index contributed by atoms with van der Waals surface area (Å²) in [6.45, 7) is 0. The highest BCUT2D eigenvalue weighted by Crippen LogP contribution is 2.33. The first kappa shape index (κ1) is 12.0. The van der Waals surface area contributed by atoms with Crippen molar-refractivity contribution in [1.29, 1.82) is 0 Å². The summed E-state index contributed by atoms with van der Waals surface area (Å²) in [5.41, 5.74) is 1.48. The van der Waals surface area contributed by atoms with Crippen LogP contribution in [-0.4, -0.2) is 15.1 Å². The van der Waals surface area contributed by atoms with Gasteiger partial charge in [0.25, 0.3) is 5.56 Å². The van der Waals surface area contributed by atoms with Crippen molar-refractivity contribution in [3.8, 4) is 17.1 Å². The fourth-order valence-corrected chi connectivity index (χ4v) is 2.70. The van der Waals surface area contributed by atoms with Crippen molar-refractivity contribution >= 4 is 0 Å². The van der Waals surface area contributed by atoms with Gasteiger partial charge in [-0.3, -0.25) is 4.79 Å². The molecule has 0 unspecified atom stereocenters. The minimum atomic E-state index is -0.129. The lowest BCUT2D eigenvalue weighted by atomic mass is 10.0. The molecule has 0 saturated heterocycles. The van der Waals surface area contributed by atoms with Gasteiger partial charge in [-0.25, -0.2) is 4.98 Å². The van der Waals surface area contributed by atoms with E-state index in [4.69, 9.17) is 0 Å². The Morgan fingerprint density at radius 2 is 2.00 bits per heavy atom. The van der Waals surface area contributed by atoms with Gasteiger partial charge in [0.05, 0.1) is 5.69 Å². The molecule has 1 saturated carbocycles. The molecule has 0 bridgehead atoms. The molecule has 4 nitrogen and oxygen atoms in total. The summed E-state index contributed by atoms with van der Waals surface area (Å²) in [5, 5.41) is 9.50. The second-order valence-electron chi connectivity index (χ2n) is 5.05. The van der Waals surface area contributed by atoms with Gasteiger partial charge >= 0.3 is 0 Å². The number of phenolic OH excluding ortho intramolecular Hbond substituents is 1. The number of aromatic nitrogens is 2. The molecule has 1 aliphatic rings. The highest BCUT2D eigenvalue weighted by molar-refractivity contribution is 5.57. The Balaban J connectivity index is 2.04. The highest BCUT2D eigenvalue weighted by atomic mass is 16.3. The van der Waals surface area contributed by atoms with Gasteiger partial charge in [-0.2, -0.15) is 0 Å². The molecule has 0 aliphatic heterocycles. The second-order valence-corrected chi connectivity index (χ2v) is 5.05. The molecule has 1 heterocycles. The fourth-order valence-electron chi connectivity index (χ4n) is 2.70. The zero-order chi connectivity index (χ0) is 13.2. The van der Waals surface area contributed by atoms with Crippen molar-refractivity contribution < 1.29 is 5.11 Å². The average molecular weight is 256 g/mol. The molecular formula is C15H16N2O2. The molecule has 1 fully saturated rings. The highest BCUT2D eigenvalue weighted by Gasteiger charge is 2.19. The Labute approximate surface area is 111 Å².